The van der Waals surface area contributed by atoms with Gasteiger partial charge in [-0.1, -0.05) is 54.6 Å². The predicted molar refractivity (Wildman–Crippen MR) is 119 cm³/mol. The largest absolute Gasteiger partial charge is 0.268 e. The highest BCUT2D eigenvalue weighted by molar-refractivity contribution is 6.43. The van der Waals surface area contributed by atoms with Crippen LogP contribution in [0.2, 0.25) is 0 Å². The minimum absolute atomic E-state index is 0.333. The number of anilines is 1. The Morgan fingerprint density at radius 1 is 0.774 bits per heavy atom. The Hall–Kier alpha value is -4.32. The predicted octanol–water partition coefficient (Wildman–Crippen LogP) is 4.30. The molecule has 0 spiro atoms. The second-order valence-electron chi connectivity index (χ2n) is 7.23. The molecule has 1 aliphatic heterocycles. The van der Waals surface area contributed by atoms with Crippen molar-refractivity contribution in [3.05, 3.63) is 107 Å². The van der Waals surface area contributed by atoms with Crippen molar-refractivity contribution in [3.8, 4) is 5.69 Å². The van der Waals surface area contributed by atoms with E-state index in [2.05, 4.69) is 10.2 Å². The van der Waals surface area contributed by atoms with Crippen molar-refractivity contribution in [2.24, 2.45) is 0 Å². The maximum Gasteiger partial charge on any atom is 0.266 e. The number of benzene rings is 3. The molecular formula is C25H18N4O2. The summed E-state index contributed by atoms with van der Waals surface area (Å²) in [6, 6.07) is 24.0. The second-order valence-corrected chi connectivity index (χ2v) is 7.23. The molecule has 0 saturated heterocycles. The molecule has 4 aromatic rings. The molecule has 6 heteroatoms. The van der Waals surface area contributed by atoms with Crippen LogP contribution in [0.15, 0.2) is 85.1 Å². The molecule has 31 heavy (non-hydrogen) atoms. The van der Waals surface area contributed by atoms with E-state index in [1.54, 1.807) is 36.5 Å². The first-order valence-electron chi connectivity index (χ1n) is 9.87. The number of hydrogen-bond acceptors (Lipinski definition) is 4. The van der Waals surface area contributed by atoms with Crippen LogP contribution in [0.25, 0.3) is 17.3 Å². The van der Waals surface area contributed by atoms with Gasteiger partial charge in [-0.3, -0.25) is 9.59 Å². The van der Waals surface area contributed by atoms with E-state index in [1.807, 2.05) is 61.5 Å². The van der Waals surface area contributed by atoms with E-state index in [1.165, 1.54) is 9.70 Å². The van der Waals surface area contributed by atoms with Crippen molar-refractivity contribution in [2.75, 3.05) is 4.90 Å². The Bertz CT molecular complexity index is 1340. The van der Waals surface area contributed by atoms with E-state index in [0.717, 1.165) is 11.3 Å². The number of nitrogens with zero attached hydrogens (tertiary/aromatic N) is 4. The molecule has 0 unspecified atom stereocenters. The third-order valence-electron chi connectivity index (χ3n) is 5.23. The fourth-order valence-corrected chi connectivity index (χ4v) is 3.70. The summed E-state index contributed by atoms with van der Waals surface area (Å²) in [5.74, 6) is -0.716. The number of fused-ring (bicyclic) bond motifs is 1. The first-order chi connectivity index (χ1) is 15.1. The Balaban J connectivity index is 1.63. The van der Waals surface area contributed by atoms with Gasteiger partial charge in [0.15, 0.2) is 0 Å². The van der Waals surface area contributed by atoms with Gasteiger partial charge in [0.1, 0.15) is 5.69 Å². The summed E-state index contributed by atoms with van der Waals surface area (Å²) < 4.78 is 0. The molecule has 3 aromatic carbocycles. The highest BCUT2D eigenvalue weighted by Gasteiger charge is 2.36. The van der Waals surface area contributed by atoms with Crippen molar-refractivity contribution in [1.29, 1.82) is 0 Å². The van der Waals surface area contributed by atoms with Crippen LogP contribution in [0.5, 0.6) is 0 Å². The monoisotopic (exact) mass is 406 g/mol. The summed E-state index contributed by atoms with van der Waals surface area (Å²) in [6.45, 7) is 1.88. The summed E-state index contributed by atoms with van der Waals surface area (Å²) >= 11 is 0. The van der Waals surface area contributed by atoms with Crippen LogP contribution in [0.3, 0.4) is 0 Å². The summed E-state index contributed by atoms with van der Waals surface area (Å²) in [7, 11) is 0. The van der Waals surface area contributed by atoms with Gasteiger partial charge in [-0.25, -0.2) is 4.90 Å². The Morgan fingerprint density at radius 2 is 1.45 bits per heavy atom. The van der Waals surface area contributed by atoms with Gasteiger partial charge in [0.2, 0.25) is 0 Å². The molecule has 150 valence electrons. The molecule has 1 aromatic heterocycles. The smallest absolute Gasteiger partial charge is 0.266 e. The summed E-state index contributed by atoms with van der Waals surface area (Å²) in [5.41, 5.74) is 4.24. The van der Waals surface area contributed by atoms with E-state index in [-0.39, 0.29) is 11.8 Å². The number of para-hydroxylation sites is 2. The maximum atomic E-state index is 13.5. The lowest BCUT2D eigenvalue weighted by molar-refractivity contribution is -0.112. The van der Waals surface area contributed by atoms with Crippen molar-refractivity contribution < 1.29 is 9.59 Å². The lowest BCUT2D eigenvalue weighted by Crippen LogP contribution is -2.42. The first-order valence-corrected chi connectivity index (χ1v) is 9.87. The molecule has 2 amide bonds. The van der Waals surface area contributed by atoms with Crippen molar-refractivity contribution in [3.63, 3.8) is 0 Å². The summed E-state index contributed by atoms with van der Waals surface area (Å²) in [4.78, 5) is 29.5. The van der Waals surface area contributed by atoms with Crippen LogP contribution in [0, 0.1) is 6.92 Å². The fourth-order valence-electron chi connectivity index (χ4n) is 3.70. The second kappa shape index (κ2) is 7.50. The minimum Gasteiger partial charge on any atom is -0.268 e. The number of hydrogen-bond donors (Lipinski definition) is 0. The minimum atomic E-state index is -0.382. The normalized spacial score (nSPS) is 14.7. The van der Waals surface area contributed by atoms with Crippen LogP contribution in [0.4, 0.5) is 5.69 Å². The number of rotatable bonds is 3. The zero-order valence-corrected chi connectivity index (χ0v) is 16.8. The molecule has 6 nitrogen and oxygen atoms in total. The molecule has 2 heterocycles. The third kappa shape index (κ3) is 3.24. The molecule has 0 N–H and O–H groups in total. The van der Waals surface area contributed by atoms with Crippen LogP contribution >= 0.6 is 0 Å². The van der Waals surface area contributed by atoms with Gasteiger partial charge in [0.05, 0.1) is 23.1 Å². The van der Waals surface area contributed by atoms with E-state index in [4.69, 9.17) is 0 Å². The molecule has 0 aliphatic carbocycles. The maximum absolute atomic E-state index is 13.5. The molecule has 0 radical (unpaired) electrons. The van der Waals surface area contributed by atoms with Crippen molar-refractivity contribution >= 4 is 29.2 Å². The average molecular weight is 406 g/mol. The van der Waals surface area contributed by atoms with Crippen molar-refractivity contribution in [2.45, 2.75) is 6.92 Å². The molecule has 0 bridgehead atoms. The SMILES string of the molecule is Cc1ccccc1N1C(=O)/C(=C/c2cnn(-c3ccccc3)n2)c2ccccc2C1=O. The first kappa shape index (κ1) is 18.7. The number of imide groups is 1. The summed E-state index contributed by atoms with van der Waals surface area (Å²) in [6.07, 6.45) is 3.29. The van der Waals surface area contributed by atoms with E-state index >= 15 is 0 Å². The van der Waals surface area contributed by atoms with Gasteiger partial charge in [-0.2, -0.15) is 9.90 Å². The zero-order chi connectivity index (χ0) is 21.4. The Morgan fingerprint density at radius 3 is 2.23 bits per heavy atom. The van der Waals surface area contributed by atoms with Crippen LogP contribution in [0.1, 0.15) is 27.2 Å². The van der Waals surface area contributed by atoms with Gasteiger partial charge in [0.25, 0.3) is 11.8 Å². The van der Waals surface area contributed by atoms with E-state index in [9.17, 15) is 9.59 Å². The van der Waals surface area contributed by atoms with Gasteiger partial charge < -0.3 is 0 Å². The Kier molecular flexibility index (Phi) is 4.52. The number of carbonyl (C=O) groups is 2. The molecular weight excluding hydrogens is 388 g/mol. The van der Waals surface area contributed by atoms with Crippen LogP contribution in [-0.2, 0) is 4.79 Å². The number of aromatic nitrogens is 3. The standard InChI is InChI=1S/C25H18N4O2/c1-17-9-5-8-14-23(17)28-24(30)21-13-7-6-12-20(21)22(25(28)31)15-18-16-26-29(27-18)19-10-3-2-4-11-19/h2-16H,1H3/b22-15+. The topological polar surface area (TPSA) is 68.1 Å². The number of amides is 2. The fraction of sp³-hybridized carbons (Fsp3) is 0.0400. The zero-order valence-electron chi connectivity index (χ0n) is 16.8. The molecule has 0 saturated carbocycles. The molecule has 0 fully saturated rings. The van der Waals surface area contributed by atoms with Crippen LogP contribution in [-0.4, -0.2) is 26.8 Å². The van der Waals surface area contributed by atoms with Gasteiger partial charge in [-0.05, 0) is 42.8 Å². The average Bonchev–Trinajstić information content (AvgIpc) is 3.27. The van der Waals surface area contributed by atoms with E-state index < -0.39 is 0 Å². The summed E-state index contributed by atoms with van der Waals surface area (Å²) in [5, 5.41) is 8.80. The van der Waals surface area contributed by atoms with Gasteiger partial charge in [0, 0.05) is 11.1 Å². The number of aryl methyl sites for hydroxylation is 1. The molecule has 0 atom stereocenters. The highest BCUT2D eigenvalue weighted by Crippen LogP contribution is 2.34. The van der Waals surface area contributed by atoms with Gasteiger partial charge >= 0.3 is 0 Å². The Labute approximate surface area is 179 Å². The number of carbonyl (C=O) groups excluding carboxylic acids is 2. The molecule has 5 rings (SSSR count). The third-order valence-corrected chi connectivity index (χ3v) is 5.23. The lowest BCUT2D eigenvalue weighted by Gasteiger charge is -2.29. The lowest BCUT2D eigenvalue weighted by atomic mass is 9.92. The van der Waals surface area contributed by atoms with Gasteiger partial charge in [-0.15, -0.1) is 5.10 Å². The molecule has 1 aliphatic rings. The van der Waals surface area contributed by atoms with Crippen molar-refractivity contribution in [1.82, 2.24) is 15.0 Å². The van der Waals surface area contributed by atoms with Crippen LogP contribution < -0.4 is 4.90 Å². The quantitative estimate of drug-likeness (QED) is 0.376. The highest BCUT2D eigenvalue weighted by atomic mass is 16.2. The van der Waals surface area contributed by atoms with E-state index in [0.29, 0.717) is 28.1 Å².